The average molecular weight is 262 g/mol. The third kappa shape index (κ3) is 4.88. The van der Waals surface area contributed by atoms with Crippen LogP contribution in [-0.2, 0) is 11.3 Å². The Balaban J connectivity index is 0.00000225. The summed E-state index contributed by atoms with van der Waals surface area (Å²) in [6.45, 7) is 2.22. The number of benzene rings is 1. The van der Waals surface area contributed by atoms with Crippen LogP contribution in [-0.4, -0.2) is 23.4 Å². The molecule has 1 aromatic rings. The van der Waals surface area contributed by atoms with Gasteiger partial charge in [-0.15, -0.1) is 24.2 Å². The van der Waals surface area contributed by atoms with Crippen molar-refractivity contribution in [3.63, 3.8) is 0 Å². The number of carboxylic acids is 1. The van der Waals surface area contributed by atoms with Gasteiger partial charge >= 0.3 is 5.97 Å². The summed E-state index contributed by atoms with van der Waals surface area (Å²) in [6, 6.07) is 7.58. The first-order valence-electron chi connectivity index (χ1n) is 4.72. The summed E-state index contributed by atoms with van der Waals surface area (Å²) in [7, 11) is 0. The Hall–Kier alpha value is -0.710. The summed E-state index contributed by atoms with van der Waals surface area (Å²) < 4.78 is 0. The molecule has 0 fully saturated rings. The maximum Gasteiger partial charge on any atom is 0.320 e. The first-order valence-corrected chi connectivity index (χ1v) is 5.95. The van der Waals surface area contributed by atoms with Gasteiger partial charge in [0.25, 0.3) is 0 Å². The summed E-state index contributed by atoms with van der Waals surface area (Å²) in [4.78, 5) is 11.8. The van der Waals surface area contributed by atoms with Crippen molar-refractivity contribution >= 4 is 30.1 Å². The number of hydrogen-bond donors (Lipinski definition) is 2. The van der Waals surface area contributed by atoms with Gasteiger partial charge in [0.2, 0.25) is 0 Å². The van der Waals surface area contributed by atoms with Gasteiger partial charge in [0, 0.05) is 11.4 Å². The van der Waals surface area contributed by atoms with E-state index in [-0.39, 0.29) is 12.4 Å². The van der Waals surface area contributed by atoms with Crippen LogP contribution >= 0.6 is 24.2 Å². The number of halogens is 1. The van der Waals surface area contributed by atoms with E-state index in [0.717, 1.165) is 5.56 Å². The second kappa shape index (κ2) is 7.54. The van der Waals surface area contributed by atoms with E-state index in [4.69, 9.17) is 5.11 Å². The predicted molar refractivity (Wildman–Crippen MR) is 69.4 cm³/mol. The Labute approximate surface area is 106 Å². The molecular formula is C11H16ClNO2S. The number of nitrogens with one attached hydrogen (secondary N) is 1. The van der Waals surface area contributed by atoms with Crippen molar-refractivity contribution < 1.29 is 9.90 Å². The Morgan fingerprint density at radius 3 is 2.44 bits per heavy atom. The van der Waals surface area contributed by atoms with Crippen molar-refractivity contribution in [1.82, 2.24) is 5.32 Å². The molecule has 0 aliphatic carbocycles. The molecule has 3 nitrogen and oxygen atoms in total. The van der Waals surface area contributed by atoms with Gasteiger partial charge in [-0.25, -0.2) is 0 Å². The summed E-state index contributed by atoms with van der Waals surface area (Å²) in [5, 5.41) is 11.6. The van der Waals surface area contributed by atoms with Crippen molar-refractivity contribution in [2.75, 3.05) is 6.26 Å². The van der Waals surface area contributed by atoms with Gasteiger partial charge < -0.3 is 10.4 Å². The van der Waals surface area contributed by atoms with E-state index in [1.54, 1.807) is 18.7 Å². The van der Waals surface area contributed by atoms with Crippen molar-refractivity contribution in [2.24, 2.45) is 0 Å². The molecule has 16 heavy (non-hydrogen) atoms. The maximum atomic E-state index is 10.6. The molecule has 0 aromatic heterocycles. The quantitative estimate of drug-likeness (QED) is 0.799. The lowest BCUT2D eigenvalue weighted by Gasteiger charge is -2.09. The molecule has 1 unspecified atom stereocenters. The van der Waals surface area contributed by atoms with Crippen LogP contribution in [0.3, 0.4) is 0 Å². The SMILES string of the molecule is CSc1ccc(CNC(C)C(=O)O)cc1.Cl. The molecule has 0 aliphatic rings. The number of rotatable bonds is 5. The van der Waals surface area contributed by atoms with Crippen LogP contribution in [0, 0.1) is 0 Å². The molecule has 0 radical (unpaired) electrons. The summed E-state index contributed by atoms with van der Waals surface area (Å²) in [6.07, 6.45) is 2.03. The molecule has 0 bridgehead atoms. The lowest BCUT2D eigenvalue weighted by molar-refractivity contribution is -0.139. The third-order valence-corrected chi connectivity index (χ3v) is 2.89. The predicted octanol–water partition coefficient (Wildman–Crippen LogP) is 2.39. The second-order valence-electron chi connectivity index (χ2n) is 3.29. The monoisotopic (exact) mass is 261 g/mol. The van der Waals surface area contributed by atoms with Gasteiger partial charge in [0.1, 0.15) is 6.04 Å². The van der Waals surface area contributed by atoms with Crippen LogP contribution in [0.15, 0.2) is 29.2 Å². The van der Waals surface area contributed by atoms with Gasteiger partial charge in [-0.1, -0.05) is 12.1 Å². The Kier molecular flexibility index (Phi) is 7.21. The number of carbonyl (C=O) groups is 1. The fraction of sp³-hybridized carbons (Fsp3) is 0.364. The molecule has 1 rings (SSSR count). The van der Waals surface area contributed by atoms with Gasteiger partial charge in [0.15, 0.2) is 0 Å². The third-order valence-electron chi connectivity index (χ3n) is 2.14. The zero-order valence-electron chi connectivity index (χ0n) is 9.27. The van der Waals surface area contributed by atoms with Crippen LogP contribution in [0.5, 0.6) is 0 Å². The van der Waals surface area contributed by atoms with E-state index < -0.39 is 12.0 Å². The van der Waals surface area contributed by atoms with E-state index in [9.17, 15) is 4.79 Å². The van der Waals surface area contributed by atoms with Gasteiger partial charge in [-0.05, 0) is 30.9 Å². The fourth-order valence-electron chi connectivity index (χ4n) is 1.10. The lowest BCUT2D eigenvalue weighted by atomic mass is 10.2. The summed E-state index contributed by atoms with van der Waals surface area (Å²) in [5.41, 5.74) is 1.10. The topological polar surface area (TPSA) is 49.3 Å². The second-order valence-corrected chi connectivity index (χ2v) is 4.17. The van der Waals surface area contributed by atoms with Crippen molar-refractivity contribution in [2.45, 2.75) is 24.4 Å². The largest absolute Gasteiger partial charge is 0.480 e. The zero-order chi connectivity index (χ0) is 11.3. The highest BCUT2D eigenvalue weighted by molar-refractivity contribution is 7.98. The minimum absolute atomic E-state index is 0. The number of hydrogen-bond acceptors (Lipinski definition) is 3. The smallest absolute Gasteiger partial charge is 0.320 e. The van der Waals surface area contributed by atoms with Crippen LogP contribution in [0.2, 0.25) is 0 Å². The van der Waals surface area contributed by atoms with Gasteiger partial charge in [-0.2, -0.15) is 0 Å². The minimum atomic E-state index is -0.823. The maximum absolute atomic E-state index is 10.6. The minimum Gasteiger partial charge on any atom is -0.480 e. The fourth-order valence-corrected chi connectivity index (χ4v) is 1.51. The zero-order valence-corrected chi connectivity index (χ0v) is 10.9. The number of carboxylic acid groups (broad SMARTS) is 1. The van der Waals surface area contributed by atoms with Gasteiger partial charge in [0.05, 0.1) is 0 Å². The van der Waals surface area contributed by atoms with Crippen molar-refractivity contribution in [1.29, 1.82) is 0 Å². The van der Waals surface area contributed by atoms with Crippen LogP contribution in [0.25, 0.3) is 0 Å². The molecule has 1 atom stereocenters. The first-order chi connectivity index (χ1) is 7.13. The van der Waals surface area contributed by atoms with E-state index >= 15 is 0 Å². The summed E-state index contributed by atoms with van der Waals surface area (Å²) >= 11 is 1.69. The van der Waals surface area contributed by atoms with Crippen LogP contribution in [0.1, 0.15) is 12.5 Å². The molecule has 0 saturated heterocycles. The Bertz CT molecular complexity index is 329. The molecular weight excluding hydrogens is 246 g/mol. The standard InChI is InChI=1S/C11H15NO2S.ClH/c1-8(11(13)14)12-7-9-3-5-10(15-2)6-4-9;/h3-6,8,12H,7H2,1-2H3,(H,13,14);1H. The van der Waals surface area contributed by atoms with E-state index in [1.807, 2.05) is 30.5 Å². The molecule has 0 amide bonds. The molecule has 2 N–H and O–H groups in total. The van der Waals surface area contributed by atoms with Crippen molar-refractivity contribution in [3.05, 3.63) is 29.8 Å². The molecule has 0 saturated carbocycles. The number of aliphatic carboxylic acids is 1. The average Bonchev–Trinajstić information content (AvgIpc) is 2.26. The highest BCUT2D eigenvalue weighted by Gasteiger charge is 2.08. The molecule has 90 valence electrons. The summed E-state index contributed by atoms with van der Waals surface area (Å²) in [5.74, 6) is -0.823. The van der Waals surface area contributed by atoms with Crippen LogP contribution in [0.4, 0.5) is 0 Å². The molecule has 0 spiro atoms. The lowest BCUT2D eigenvalue weighted by Crippen LogP contribution is -2.33. The van der Waals surface area contributed by atoms with Crippen LogP contribution < -0.4 is 5.32 Å². The molecule has 0 heterocycles. The Morgan fingerprint density at radius 2 is 2.00 bits per heavy atom. The molecule has 5 heteroatoms. The molecule has 0 aliphatic heterocycles. The van der Waals surface area contributed by atoms with E-state index in [1.165, 1.54) is 4.90 Å². The normalized spacial score (nSPS) is 11.6. The van der Waals surface area contributed by atoms with E-state index in [0.29, 0.717) is 6.54 Å². The van der Waals surface area contributed by atoms with Gasteiger partial charge in [-0.3, -0.25) is 4.79 Å². The Morgan fingerprint density at radius 1 is 1.44 bits per heavy atom. The highest BCUT2D eigenvalue weighted by Crippen LogP contribution is 2.14. The highest BCUT2D eigenvalue weighted by atomic mass is 35.5. The number of thioether (sulfide) groups is 1. The molecule has 1 aromatic carbocycles. The van der Waals surface area contributed by atoms with E-state index in [2.05, 4.69) is 5.32 Å². The van der Waals surface area contributed by atoms with Crippen molar-refractivity contribution in [3.8, 4) is 0 Å². The first kappa shape index (κ1) is 15.3.